The van der Waals surface area contributed by atoms with Gasteiger partial charge in [-0.25, -0.2) is 4.79 Å². The van der Waals surface area contributed by atoms with Crippen LogP contribution in [0.4, 0.5) is 4.79 Å². The first kappa shape index (κ1) is 18.0. The third kappa shape index (κ3) is 4.55. The van der Waals surface area contributed by atoms with Crippen LogP contribution in [0.15, 0.2) is 21.5 Å². The van der Waals surface area contributed by atoms with E-state index in [-0.39, 0.29) is 6.61 Å². The molecule has 1 saturated carbocycles. The molecule has 0 spiro atoms. The first-order chi connectivity index (χ1) is 11.0. The fourth-order valence-corrected chi connectivity index (χ4v) is 4.10. The van der Waals surface area contributed by atoms with Crippen LogP contribution in [0.25, 0.3) is 0 Å². The van der Waals surface area contributed by atoms with Crippen molar-refractivity contribution in [3.63, 3.8) is 0 Å². The Morgan fingerprint density at radius 2 is 2.17 bits per heavy atom. The number of halogens is 1. The van der Waals surface area contributed by atoms with Crippen LogP contribution in [-0.2, 0) is 0 Å². The number of amides is 1. The van der Waals surface area contributed by atoms with Crippen LogP contribution in [-0.4, -0.2) is 29.6 Å². The van der Waals surface area contributed by atoms with Gasteiger partial charge in [0.25, 0.3) is 0 Å². The molecule has 1 amide bonds. The minimum atomic E-state index is -1.03. The minimum absolute atomic E-state index is 0.234. The smallest absolute Gasteiger partial charge is 0.405 e. The van der Waals surface area contributed by atoms with Gasteiger partial charge in [0.2, 0.25) is 0 Å². The Morgan fingerprint density at radius 1 is 1.48 bits per heavy atom. The van der Waals surface area contributed by atoms with Gasteiger partial charge in [-0.15, -0.1) is 11.8 Å². The first-order valence-corrected chi connectivity index (χ1v) is 9.43. The fourth-order valence-electron chi connectivity index (χ4n) is 2.92. The lowest BCUT2D eigenvalue weighted by Gasteiger charge is -2.36. The first-order valence-electron chi connectivity index (χ1n) is 7.41. The van der Waals surface area contributed by atoms with Crippen molar-refractivity contribution < 1.29 is 14.6 Å². The summed E-state index contributed by atoms with van der Waals surface area (Å²) in [6.45, 7) is 0.234. The molecule has 0 saturated heterocycles. The van der Waals surface area contributed by atoms with Gasteiger partial charge in [-0.05, 0) is 31.2 Å². The molecule has 124 valence electrons. The van der Waals surface area contributed by atoms with E-state index < -0.39 is 11.6 Å². The van der Waals surface area contributed by atoms with Crippen LogP contribution in [0.2, 0.25) is 0 Å². The average Bonchev–Trinajstić information content (AvgIpc) is 2.52. The lowest BCUT2D eigenvalue weighted by molar-refractivity contribution is 0.121. The molecule has 0 aliphatic heterocycles. The van der Waals surface area contributed by atoms with Crippen molar-refractivity contribution in [1.82, 2.24) is 5.32 Å². The molecule has 0 aromatic heterocycles. The van der Waals surface area contributed by atoms with E-state index in [1.807, 2.05) is 12.3 Å². The number of carbonyl (C=O) groups is 1. The number of nitriles is 1. The molecule has 5 nitrogen and oxygen atoms in total. The summed E-state index contributed by atoms with van der Waals surface area (Å²) in [7, 11) is 0. The maximum atomic E-state index is 11.1. The van der Waals surface area contributed by atoms with Crippen LogP contribution < -0.4 is 10.1 Å². The topological polar surface area (TPSA) is 82.3 Å². The van der Waals surface area contributed by atoms with Crippen LogP contribution in [0.5, 0.6) is 5.75 Å². The van der Waals surface area contributed by atoms with Crippen molar-refractivity contribution in [3.05, 3.63) is 22.2 Å². The van der Waals surface area contributed by atoms with Crippen LogP contribution in [0.3, 0.4) is 0 Å². The van der Waals surface area contributed by atoms with Gasteiger partial charge in [-0.1, -0.05) is 35.2 Å². The molecule has 0 atom stereocenters. The SMILES string of the molecule is CSc1cc(Br)cc(OCC2(NC(=O)O)CCCCC2)c1C#N. The van der Waals surface area contributed by atoms with Gasteiger partial charge in [0.1, 0.15) is 24.0 Å². The predicted molar refractivity (Wildman–Crippen MR) is 93.1 cm³/mol. The fraction of sp³-hybridized carbons (Fsp3) is 0.500. The lowest BCUT2D eigenvalue weighted by Crippen LogP contribution is -2.53. The molecular formula is C16H19BrN2O3S. The molecule has 0 unspecified atom stereocenters. The number of hydrogen-bond donors (Lipinski definition) is 2. The Kier molecular flexibility index (Phi) is 6.19. The van der Waals surface area contributed by atoms with E-state index in [9.17, 15) is 10.1 Å². The molecular weight excluding hydrogens is 380 g/mol. The van der Waals surface area contributed by atoms with E-state index in [2.05, 4.69) is 27.3 Å². The highest BCUT2D eigenvalue weighted by Gasteiger charge is 2.35. The molecule has 1 aromatic carbocycles. The van der Waals surface area contributed by atoms with Gasteiger partial charge in [-0.3, -0.25) is 0 Å². The van der Waals surface area contributed by atoms with Gasteiger partial charge < -0.3 is 15.2 Å². The number of nitrogens with zero attached hydrogens (tertiary/aromatic N) is 1. The molecule has 1 aliphatic carbocycles. The Labute approximate surface area is 148 Å². The molecule has 0 radical (unpaired) electrons. The number of thioether (sulfide) groups is 1. The monoisotopic (exact) mass is 398 g/mol. The summed E-state index contributed by atoms with van der Waals surface area (Å²) in [6, 6.07) is 5.82. The van der Waals surface area contributed by atoms with Crippen molar-refractivity contribution in [3.8, 4) is 11.8 Å². The van der Waals surface area contributed by atoms with Gasteiger partial charge in [0.15, 0.2) is 0 Å². The Balaban J connectivity index is 2.22. The van der Waals surface area contributed by atoms with E-state index in [4.69, 9.17) is 9.84 Å². The number of benzene rings is 1. The summed E-state index contributed by atoms with van der Waals surface area (Å²) >= 11 is 4.90. The maximum absolute atomic E-state index is 11.1. The number of ether oxygens (including phenoxy) is 1. The summed E-state index contributed by atoms with van der Waals surface area (Å²) in [5.41, 5.74) is -0.0828. The maximum Gasteiger partial charge on any atom is 0.405 e. The van der Waals surface area contributed by atoms with Gasteiger partial charge in [0, 0.05) is 9.37 Å². The highest BCUT2D eigenvalue weighted by molar-refractivity contribution is 9.10. The van der Waals surface area contributed by atoms with Gasteiger partial charge in [-0.2, -0.15) is 5.26 Å². The summed E-state index contributed by atoms with van der Waals surface area (Å²) in [5, 5.41) is 21.2. The summed E-state index contributed by atoms with van der Waals surface area (Å²) in [5.74, 6) is 0.489. The third-order valence-electron chi connectivity index (χ3n) is 4.05. The van der Waals surface area contributed by atoms with Gasteiger partial charge in [0.05, 0.1) is 5.54 Å². The number of nitrogens with one attached hydrogen (secondary N) is 1. The normalized spacial score (nSPS) is 16.4. The van der Waals surface area contributed by atoms with Crippen molar-refractivity contribution in [2.24, 2.45) is 0 Å². The number of hydrogen-bond acceptors (Lipinski definition) is 4. The number of rotatable bonds is 5. The average molecular weight is 399 g/mol. The molecule has 1 aliphatic rings. The zero-order valence-electron chi connectivity index (χ0n) is 12.9. The predicted octanol–water partition coefficient (Wildman–Crippen LogP) is 4.39. The lowest BCUT2D eigenvalue weighted by atomic mass is 9.82. The highest BCUT2D eigenvalue weighted by atomic mass is 79.9. The highest BCUT2D eigenvalue weighted by Crippen LogP contribution is 2.34. The summed E-state index contributed by atoms with van der Waals surface area (Å²) in [6.07, 6.45) is 5.44. The Bertz CT molecular complexity index is 624. The van der Waals surface area contributed by atoms with Crippen molar-refractivity contribution >= 4 is 33.8 Å². The summed E-state index contributed by atoms with van der Waals surface area (Å²) in [4.78, 5) is 12.0. The zero-order valence-corrected chi connectivity index (χ0v) is 15.3. The Hall–Kier alpha value is -1.39. The van der Waals surface area contributed by atoms with Crippen molar-refractivity contribution in [2.45, 2.75) is 42.5 Å². The van der Waals surface area contributed by atoms with Gasteiger partial charge >= 0.3 is 6.09 Å². The van der Waals surface area contributed by atoms with E-state index in [0.717, 1.165) is 41.5 Å². The molecule has 2 N–H and O–H groups in total. The molecule has 0 bridgehead atoms. The van der Waals surface area contributed by atoms with E-state index in [1.54, 1.807) is 6.07 Å². The molecule has 1 fully saturated rings. The standard InChI is InChI=1S/C16H19BrN2O3S/c1-23-14-8-11(17)7-13(12(14)9-18)22-10-16(19-15(20)21)5-3-2-4-6-16/h7-8,19H,2-6,10H2,1H3,(H,20,21). The molecule has 23 heavy (non-hydrogen) atoms. The molecule has 1 aromatic rings. The van der Waals surface area contributed by atoms with Crippen molar-refractivity contribution in [1.29, 1.82) is 5.26 Å². The molecule has 0 heterocycles. The molecule has 7 heteroatoms. The Morgan fingerprint density at radius 3 is 2.74 bits per heavy atom. The van der Waals surface area contributed by atoms with Crippen molar-refractivity contribution in [2.75, 3.05) is 12.9 Å². The van der Waals surface area contributed by atoms with Crippen LogP contribution in [0, 0.1) is 11.3 Å². The number of carboxylic acid groups (broad SMARTS) is 1. The summed E-state index contributed by atoms with van der Waals surface area (Å²) < 4.78 is 6.74. The minimum Gasteiger partial charge on any atom is -0.490 e. The second-order valence-electron chi connectivity index (χ2n) is 5.65. The quantitative estimate of drug-likeness (QED) is 0.718. The largest absolute Gasteiger partial charge is 0.490 e. The second kappa shape index (κ2) is 7.93. The van der Waals surface area contributed by atoms with Crippen LogP contribution >= 0.6 is 27.7 Å². The van der Waals surface area contributed by atoms with Crippen LogP contribution in [0.1, 0.15) is 37.7 Å². The third-order valence-corrected chi connectivity index (χ3v) is 5.27. The van der Waals surface area contributed by atoms with E-state index in [0.29, 0.717) is 11.3 Å². The zero-order chi connectivity index (χ0) is 16.9. The molecule has 2 rings (SSSR count). The second-order valence-corrected chi connectivity index (χ2v) is 7.42. The van der Waals surface area contributed by atoms with E-state index in [1.165, 1.54) is 11.8 Å². The van der Waals surface area contributed by atoms with E-state index >= 15 is 0 Å².